The quantitative estimate of drug-likeness (QED) is 0.481. The lowest BCUT2D eigenvalue weighted by Crippen LogP contribution is -2.25. The number of nitro groups is 1. The number of fused-ring (bicyclic) bond motifs is 1. The Kier molecular flexibility index (Phi) is 2.71. The predicted octanol–water partition coefficient (Wildman–Crippen LogP) is 2.38. The maximum atomic E-state index is 12.3. The number of nitro benzene ring substituents is 1. The van der Waals surface area contributed by atoms with Gasteiger partial charge in [-0.25, -0.2) is 0 Å². The minimum Gasteiger partial charge on any atom is -0.468 e. The molecule has 0 N–H and O–H groups in total. The van der Waals surface area contributed by atoms with E-state index in [4.69, 9.17) is 4.74 Å². The molecule has 1 aromatic carbocycles. The van der Waals surface area contributed by atoms with Gasteiger partial charge in [0.15, 0.2) is 0 Å². The van der Waals surface area contributed by atoms with Crippen LogP contribution in [0.15, 0.2) is 48.6 Å². The van der Waals surface area contributed by atoms with Gasteiger partial charge >= 0.3 is 5.97 Å². The van der Waals surface area contributed by atoms with Crippen molar-refractivity contribution in [3.8, 4) is 0 Å². The van der Waals surface area contributed by atoms with Crippen LogP contribution in [0.1, 0.15) is 5.56 Å². The van der Waals surface area contributed by atoms with E-state index in [1.807, 2.05) is 24.3 Å². The number of hydrogen-bond donors (Lipinski definition) is 0. The molecule has 0 aromatic heterocycles. The molecule has 2 unspecified atom stereocenters. The molecule has 2 aliphatic carbocycles. The number of methoxy groups -OCH3 is 1. The second kappa shape index (κ2) is 4.30. The average Bonchev–Trinajstić information content (AvgIpc) is 3.16. The fraction of sp³-hybridized carbons (Fsp3) is 0.267. The van der Waals surface area contributed by atoms with Crippen LogP contribution in [0.25, 0.3) is 0 Å². The maximum absolute atomic E-state index is 12.3. The smallest absolute Gasteiger partial charge is 0.317 e. The fourth-order valence-corrected chi connectivity index (χ4v) is 3.16. The molecule has 0 amide bonds. The van der Waals surface area contributed by atoms with E-state index in [1.165, 1.54) is 19.2 Å². The van der Waals surface area contributed by atoms with Gasteiger partial charge in [-0.2, -0.15) is 0 Å². The predicted molar refractivity (Wildman–Crippen MR) is 72.1 cm³/mol. The van der Waals surface area contributed by atoms with E-state index in [2.05, 4.69) is 0 Å². The van der Waals surface area contributed by atoms with Crippen LogP contribution in [0, 0.1) is 22.0 Å². The lowest BCUT2D eigenvalue weighted by molar-refractivity contribution is -0.384. The van der Waals surface area contributed by atoms with Gasteiger partial charge in [0.25, 0.3) is 5.69 Å². The number of non-ortho nitro benzene ring substituents is 1. The highest BCUT2D eigenvalue weighted by molar-refractivity contribution is 5.90. The van der Waals surface area contributed by atoms with Crippen LogP contribution in [-0.4, -0.2) is 18.0 Å². The summed E-state index contributed by atoms with van der Waals surface area (Å²) >= 11 is 0. The van der Waals surface area contributed by atoms with E-state index < -0.39 is 10.3 Å². The van der Waals surface area contributed by atoms with Crippen LogP contribution in [0.2, 0.25) is 0 Å². The normalized spacial score (nSPS) is 29.6. The highest BCUT2D eigenvalue weighted by Gasteiger charge is 2.69. The first-order valence-corrected chi connectivity index (χ1v) is 6.30. The van der Waals surface area contributed by atoms with Gasteiger partial charge in [-0.05, 0) is 5.56 Å². The van der Waals surface area contributed by atoms with Gasteiger partial charge in [-0.1, -0.05) is 36.4 Å². The summed E-state index contributed by atoms with van der Waals surface area (Å²) in [5, 5.41) is 10.7. The van der Waals surface area contributed by atoms with Crippen molar-refractivity contribution in [2.45, 2.75) is 5.41 Å². The molecule has 5 nitrogen and oxygen atoms in total. The van der Waals surface area contributed by atoms with Crippen molar-refractivity contribution >= 4 is 11.7 Å². The van der Waals surface area contributed by atoms with Gasteiger partial charge < -0.3 is 4.74 Å². The topological polar surface area (TPSA) is 69.4 Å². The summed E-state index contributed by atoms with van der Waals surface area (Å²) in [6.45, 7) is 0. The van der Waals surface area contributed by atoms with Crippen LogP contribution in [-0.2, 0) is 14.9 Å². The third-order valence-corrected chi connectivity index (χ3v) is 4.16. The van der Waals surface area contributed by atoms with Crippen LogP contribution in [0.5, 0.6) is 0 Å². The third-order valence-electron chi connectivity index (χ3n) is 4.16. The lowest BCUT2D eigenvalue weighted by atomic mass is 9.91. The first-order chi connectivity index (χ1) is 9.62. The van der Waals surface area contributed by atoms with Crippen LogP contribution in [0.4, 0.5) is 5.69 Å². The van der Waals surface area contributed by atoms with Crippen molar-refractivity contribution in [3.63, 3.8) is 0 Å². The molecule has 0 saturated heterocycles. The van der Waals surface area contributed by atoms with Gasteiger partial charge in [-0.15, -0.1) is 0 Å². The number of nitrogens with zero attached hydrogens (tertiary/aromatic N) is 1. The van der Waals surface area contributed by atoms with E-state index in [9.17, 15) is 14.9 Å². The molecule has 1 aromatic rings. The fourth-order valence-electron chi connectivity index (χ4n) is 3.16. The zero-order chi connectivity index (χ0) is 14.3. The highest BCUT2D eigenvalue weighted by Crippen LogP contribution is 2.63. The number of allylic oxidation sites excluding steroid dienone is 4. The molecule has 0 heterocycles. The van der Waals surface area contributed by atoms with Crippen molar-refractivity contribution in [1.82, 2.24) is 0 Å². The number of rotatable bonds is 3. The largest absolute Gasteiger partial charge is 0.468 e. The second-order valence-electron chi connectivity index (χ2n) is 4.99. The summed E-state index contributed by atoms with van der Waals surface area (Å²) in [5.41, 5.74) is 0.0533. The van der Waals surface area contributed by atoms with E-state index in [0.29, 0.717) is 0 Å². The summed E-state index contributed by atoms with van der Waals surface area (Å²) in [6, 6.07) is 6.15. The lowest BCUT2D eigenvalue weighted by Gasteiger charge is -2.15. The molecule has 20 heavy (non-hydrogen) atoms. The second-order valence-corrected chi connectivity index (χ2v) is 4.99. The molecule has 0 spiro atoms. The minimum atomic E-state index is -0.729. The van der Waals surface area contributed by atoms with Gasteiger partial charge in [-0.3, -0.25) is 14.9 Å². The van der Waals surface area contributed by atoms with E-state index in [-0.39, 0.29) is 23.5 Å². The number of hydrogen-bond acceptors (Lipinski definition) is 4. The van der Waals surface area contributed by atoms with Crippen molar-refractivity contribution in [3.05, 3.63) is 64.2 Å². The Balaban J connectivity index is 2.04. The van der Waals surface area contributed by atoms with E-state index >= 15 is 0 Å². The summed E-state index contributed by atoms with van der Waals surface area (Å²) in [7, 11) is 1.37. The number of benzene rings is 1. The molecule has 0 radical (unpaired) electrons. The Hall–Kier alpha value is -2.43. The zero-order valence-electron chi connectivity index (χ0n) is 10.9. The van der Waals surface area contributed by atoms with E-state index in [0.717, 1.165) is 5.56 Å². The van der Waals surface area contributed by atoms with E-state index in [1.54, 1.807) is 12.1 Å². The first-order valence-electron chi connectivity index (χ1n) is 6.30. The molecule has 1 saturated carbocycles. The van der Waals surface area contributed by atoms with Crippen molar-refractivity contribution in [1.29, 1.82) is 0 Å². The van der Waals surface area contributed by atoms with Crippen LogP contribution < -0.4 is 0 Å². The molecule has 2 aliphatic rings. The molecule has 102 valence electrons. The van der Waals surface area contributed by atoms with Gasteiger partial charge in [0.2, 0.25) is 0 Å². The third kappa shape index (κ3) is 1.52. The molecular formula is C15H13NO4. The standard InChI is InChI=1S/C15H13NO4/c1-20-14(17)15(12-4-2-3-5-13(12)15)10-6-8-11(9-7-10)16(18)19/h2-9,12-13H,1H3. The Bertz CT molecular complexity index is 612. The molecule has 5 heteroatoms. The summed E-state index contributed by atoms with van der Waals surface area (Å²) < 4.78 is 4.96. The molecule has 0 bridgehead atoms. The molecular weight excluding hydrogens is 258 g/mol. The van der Waals surface area contributed by atoms with Gasteiger partial charge in [0.05, 0.1) is 12.0 Å². The zero-order valence-corrected chi connectivity index (χ0v) is 10.9. The number of ether oxygens (including phenoxy) is 1. The van der Waals surface area contributed by atoms with Crippen LogP contribution >= 0.6 is 0 Å². The molecule has 0 aliphatic heterocycles. The van der Waals surface area contributed by atoms with Crippen molar-refractivity contribution < 1.29 is 14.5 Å². The first kappa shape index (κ1) is 12.6. The Morgan fingerprint density at radius 2 is 1.75 bits per heavy atom. The number of carbonyl (C=O) groups is 1. The molecule has 2 atom stereocenters. The van der Waals surface area contributed by atoms with Gasteiger partial charge in [0.1, 0.15) is 5.41 Å². The molecule has 3 rings (SSSR count). The van der Waals surface area contributed by atoms with Crippen LogP contribution in [0.3, 0.4) is 0 Å². The highest BCUT2D eigenvalue weighted by atomic mass is 16.6. The van der Waals surface area contributed by atoms with Gasteiger partial charge in [0, 0.05) is 24.0 Å². The van der Waals surface area contributed by atoms with Crippen molar-refractivity contribution in [2.24, 2.45) is 11.8 Å². The monoisotopic (exact) mass is 271 g/mol. The molecule has 1 fully saturated rings. The Labute approximate surface area is 115 Å². The average molecular weight is 271 g/mol. The summed E-state index contributed by atoms with van der Waals surface area (Å²) in [6.07, 6.45) is 7.81. The van der Waals surface area contributed by atoms with Crippen molar-refractivity contribution in [2.75, 3.05) is 7.11 Å². The minimum absolute atomic E-state index is 0.0171. The summed E-state index contributed by atoms with van der Waals surface area (Å²) in [5.74, 6) is -0.152. The maximum Gasteiger partial charge on any atom is 0.317 e. The SMILES string of the molecule is COC(=O)C1(c2ccc([N+](=O)[O-])cc2)C2C=CC=CC21. The number of esters is 1. The Morgan fingerprint density at radius 3 is 2.20 bits per heavy atom. The number of carbonyl (C=O) groups excluding carboxylic acids is 1. The Morgan fingerprint density at radius 1 is 1.20 bits per heavy atom. The summed E-state index contributed by atoms with van der Waals surface area (Å²) in [4.78, 5) is 22.5.